The molecule has 0 aliphatic carbocycles. The molecule has 1 fully saturated rings. The van der Waals surface area contributed by atoms with Gasteiger partial charge in [-0.05, 0) is 18.1 Å². The first-order chi connectivity index (χ1) is 9.24. The molecule has 4 nitrogen and oxygen atoms in total. The zero-order valence-corrected chi connectivity index (χ0v) is 13.0. The summed E-state index contributed by atoms with van der Waals surface area (Å²) in [5, 5.41) is 3.37. The molecular formula is C15H24ClN3O. The van der Waals surface area contributed by atoms with Gasteiger partial charge in [0.25, 0.3) is 0 Å². The van der Waals surface area contributed by atoms with Crippen LogP contribution in [0.3, 0.4) is 0 Å². The molecule has 2 rings (SSSR count). The van der Waals surface area contributed by atoms with Crippen LogP contribution in [0, 0.1) is 5.92 Å². The molecule has 0 spiro atoms. The van der Waals surface area contributed by atoms with Gasteiger partial charge in [0.2, 0.25) is 5.91 Å². The maximum absolute atomic E-state index is 12.5. The van der Waals surface area contributed by atoms with Crippen LogP contribution in [0.25, 0.3) is 0 Å². The number of hydrogen-bond donors (Lipinski definition) is 1. The summed E-state index contributed by atoms with van der Waals surface area (Å²) in [6, 6.07) is 4.10. The summed E-state index contributed by atoms with van der Waals surface area (Å²) in [7, 11) is 0. The van der Waals surface area contributed by atoms with Crippen molar-refractivity contribution in [3.05, 3.63) is 30.1 Å². The molecule has 0 radical (unpaired) electrons. The van der Waals surface area contributed by atoms with E-state index in [1.165, 1.54) is 0 Å². The molecule has 1 aliphatic heterocycles. The van der Waals surface area contributed by atoms with Crippen LogP contribution in [-0.2, 0) is 4.79 Å². The molecule has 2 atom stereocenters. The number of pyridine rings is 1. The number of amides is 1. The highest BCUT2D eigenvalue weighted by Gasteiger charge is 2.30. The first kappa shape index (κ1) is 16.9. The van der Waals surface area contributed by atoms with Crippen LogP contribution < -0.4 is 5.32 Å². The van der Waals surface area contributed by atoms with E-state index in [0.29, 0.717) is 0 Å². The van der Waals surface area contributed by atoms with Gasteiger partial charge in [-0.15, -0.1) is 12.4 Å². The molecule has 2 heterocycles. The smallest absolute Gasteiger partial charge is 0.226 e. The third kappa shape index (κ3) is 3.93. The number of carbonyl (C=O) groups excluding carboxylic acids is 1. The Morgan fingerprint density at radius 3 is 3.05 bits per heavy atom. The van der Waals surface area contributed by atoms with E-state index in [1.807, 2.05) is 24.1 Å². The Labute approximate surface area is 127 Å². The molecule has 0 aromatic carbocycles. The lowest BCUT2D eigenvalue weighted by atomic mass is 10.00. The Hall–Kier alpha value is -1.13. The lowest BCUT2D eigenvalue weighted by Crippen LogP contribution is -2.50. The van der Waals surface area contributed by atoms with Gasteiger partial charge in [0, 0.05) is 37.9 Å². The standard InChI is InChI=1S/C15H23N3O.ClH/c1-3-5-12(2)15(19)18-9-8-17-11-14(18)13-6-4-7-16-10-13;/h4,6-7,10,12,14,17H,3,5,8-9,11H2,1-2H3;1H. The summed E-state index contributed by atoms with van der Waals surface area (Å²) in [5.74, 6) is 0.388. The predicted molar refractivity (Wildman–Crippen MR) is 82.9 cm³/mol. The van der Waals surface area contributed by atoms with Gasteiger partial charge in [-0.25, -0.2) is 0 Å². The SMILES string of the molecule is CCCC(C)C(=O)N1CCNCC1c1cccnc1.Cl. The van der Waals surface area contributed by atoms with Crippen LogP contribution in [0.1, 0.15) is 38.3 Å². The lowest BCUT2D eigenvalue weighted by molar-refractivity contribution is -0.138. The van der Waals surface area contributed by atoms with Crippen molar-refractivity contribution in [1.82, 2.24) is 15.2 Å². The molecule has 1 N–H and O–H groups in total. The topological polar surface area (TPSA) is 45.2 Å². The lowest BCUT2D eigenvalue weighted by Gasteiger charge is -2.38. The van der Waals surface area contributed by atoms with Crippen molar-refractivity contribution >= 4 is 18.3 Å². The van der Waals surface area contributed by atoms with E-state index in [4.69, 9.17) is 0 Å². The van der Waals surface area contributed by atoms with E-state index in [2.05, 4.69) is 23.3 Å². The summed E-state index contributed by atoms with van der Waals surface area (Å²) in [6.45, 7) is 6.64. The second kappa shape index (κ2) is 8.22. The summed E-state index contributed by atoms with van der Waals surface area (Å²) in [5.41, 5.74) is 1.12. The molecule has 0 bridgehead atoms. The van der Waals surface area contributed by atoms with Crippen molar-refractivity contribution < 1.29 is 4.79 Å². The fourth-order valence-electron chi connectivity index (χ4n) is 2.68. The summed E-state index contributed by atoms with van der Waals surface area (Å²) in [6.07, 6.45) is 5.65. The number of nitrogens with zero attached hydrogens (tertiary/aromatic N) is 2. The first-order valence-electron chi connectivity index (χ1n) is 7.15. The number of piperazine rings is 1. The second-order valence-corrected chi connectivity index (χ2v) is 5.23. The summed E-state index contributed by atoms with van der Waals surface area (Å²) in [4.78, 5) is 18.7. The summed E-state index contributed by atoms with van der Waals surface area (Å²) >= 11 is 0. The Kier molecular flexibility index (Phi) is 6.96. The number of nitrogens with one attached hydrogen (secondary N) is 1. The van der Waals surface area contributed by atoms with E-state index in [1.54, 1.807) is 6.20 Å². The molecule has 20 heavy (non-hydrogen) atoms. The van der Waals surface area contributed by atoms with Crippen molar-refractivity contribution in [2.75, 3.05) is 19.6 Å². The van der Waals surface area contributed by atoms with E-state index >= 15 is 0 Å². The van der Waals surface area contributed by atoms with Gasteiger partial charge in [0.05, 0.1) is 6.04 Å². The van der Waals surface area contributed by atoms with Gasteiger partial charge in [-0.3, -0.25) is 9.78 Å². The van der Waals surface area contributed by atoms with Crippen LogP contribution in [0.15, 0.2) is 24.5 Å². The van der Waals surface area contributed by atoms with Gasteiger partial charge in [0.15, 0.2) is 0 Å². The normalized spacial score (nSPS) is 20.1. The fourth-order valence-corrected chi connectivity index (χ4v) is 2.68. The minimum Gasteiger partial charge on any atom is -0.333 e. The Morgan fingerprint density at radius 1 is 1.60 bits per heavy atom. The maximum atomic E-state index is 12.5. The zero-order valence-electron chi connectivity index (χ0n) is 12.2. The van der Waals surface area contributed by atoms with E-state index < -0.39 is 0 Å². The second-order valence-electron chi connectivity index (χ2n) is 5.23. The van der Waals surface area contributed by atoms with E-state index in [-0.39, 0.29) is 30.3 Å². The Balaban J connectivity index is 0.00000200. The third-order valence-electron chi connectivity index (χ3n) is 3.74. The highest BCUT2D eigenvalue weighted by molar-refractivity contribution is 5.85. The van der Waals surface area contributed by atoms with Gasteiger partial charge in [-0.2, -0.15) is 0 Å². The highest BCUT2D eigenvalue weighted by atomic mass is 35.5. The number of carbonyl (C=O) groups is 1. The van der Waals surface area contributed by atoms with Crippen molar-refractivity contribution in [2.45, 2.75) is 32.7 Å². The number of halogens is 1. The minimum absolute atomic E-state index is 0. The van der Waals surface area contributed by atoms with Crippen LogP contribution in [0.2, 0.25) is 0 Å². The number of aromatic nitrogens is 1. The fraction of sp³-hybridized carbons (Fsp3) is 0.600. The molecule has 5 heteroatoms. The van der Waals surface area contributed by atoms with Crippen LogP contribution >= 0.6 is 12.4 Å². The predicted octanol–water partition coefficient (Wildman–Crippen LogP) is 2.41. The minimum atomic E-state index is 0. The number of hydrogen-bond acceptors (Lipinski definition) is 3. The molecule has 112 valence electrons. The highest BCUT2D eigenvalue weighted by Crippen LogP contribution is 2.24. The molecule has 1 amide bonds. The van der Waals surface area contributed by atoms with Crippen molar-refractivity contribution in [3.63, 3.8) is 0 Å². The Morgan fingerprint density at radius 2 is 2.40 bits per heavy atom. The molecule has 2 unspecified atom stereocenters. The average Bonchev–Trinajstić information content (AvgIpc) is 2.47. The third-order valence-corrected chi connectivity index (χ3v) is 3.74. The molecule has 0 saturated carbocycles. The zero-order chi connectivity index (χ0) is 13.7. The Bertz CT molecular complexity index is 413. The number of rotatable bonds is 4. The average molecular weight is 298 g/mol. The van der Waals surface area contributed by atoms with Gasteiger partial charge in [0.1, 0.15) is 0 Å². The van der Waals surface area contributed by atoms with Gasteiger partial charge < -0.3 is 10.2 Å². The molecule has 1 saturated heterocycles. The molecule has 1 aliphatic rings. The van der Waals surface area contributed by atoms with Gasteiger partial charge >= 0.3 is 0 Å². The van der Waals surface area contributed by atoms with E-state index in [9.17, 15) is 4.79 Å². The summed E-state index contributed by atoms with van der Waals surface area (Å²) < 4.78 is 0. The quantitative estimate of drug-likeness (QED) is 0.928. The monoisotopic (exact) mass is 297 g/mol. The first-order valence-corrected chi connectivity index (χ1v) is 7.15. The van der Waals surface area contributed by atoms with Crippen molar-refractivity contribution in [2.24, 2.45) is 5.92 Å². The molecular weight excluding hydrogens is 274 g/mol. The van der Waals surface area contributed by atoms with Gasteiger partial charge in [-0.1, -0.05) is 26.3 Å². The van der Waals surface area contributed by atoms with Crippen molar-refractivity contribution in [1.29, 1.82) is 0 Å². The molecule has 1 aromatic heterocycles. The van der Waals surface area contributed by atoms with Crippen LogP contribution in [0.5, 0.6) is 0 Å². The maximum Gasteiger partial charge on any atom is 0.226 e. The van der Waals surface area contributed by atoms with Crippen molar-refractivity contribution in [3.8, 4) is 0 Å². The van der Waals surface area contributed by atoms with Crippen LogP contribution in [0.4, 0.5) is 0 Å². The van der Waals surface area contributed by atoms with Crippen LogP contribution in [-0.4, -0.2) is 35.4 Å². The molecule has 1 aromatic rings. The van der Waals surface area contributed by atoms with E-state index in [0.717, 1.165) is 38.0 Å². The largest absolute Gasteiger partial charge is 0.333 e.